The molecule has 0 aliphatic heterocycles. The van der Waals surface area contributed by atoms with Crippen molar-refractivity contribution in [3.05, 3.63) is 0 Å². The van der Waals surface area contributed by atoms with Gasteiger partial charge in [-0.15, -0.1) is 0 Å². The molecular weight excluding hydrogens is 144 g/mol. The molecule has 2 saturated carbocycles. The number of carbonyl (C=O) groups is 2. The minimum Gasteiger partial charge on any atom is -0.469 e. The Morgan fingerprint density at radius 1 is 1.64 bits per heavy atom. The molecule has 0 unspecified atom stereocenters. The summed E-state index contributed by atoms with van der Waals surface area (Å²) in [4.78, 5) is 22.0. The molecule has 0 aromatic carbocycles. The van der Waals surface area contributed by atoms with E-state index in [0.29, 0.717) is 12.3 Å². The Labute approximate surface area is 64.7 Å². The minimum absolute atomic E-state index is 0.0300. The average Bonchev–Trinajstić information content (AvgIpc) is 2.63. The standard InChI is InChI=1S/C8H10O3/c1-11-8(10)7-4-2-3-5(9)6(4)7/h4,6-7H,2-3H2,1H3/t4-,6-,7+/m0/s1. The first-order valence-corrected chi connectivity index (χ1v) is 3.86. The molecule has 3 heteroatoms. The highest BCUT2D eigenvalue weighted by Crippen LogP contribution is 2.55. The Balaban J connectivity index is 2.04. The second kappa shape index (κ2) is 2.06. The quantitative estimate of drug-likeness (QED) is 0.513. The Bertz CT molecular complexity index is 221. The van der Waals surface area contributed by atoms with Crippen LogP contribution in [0.4, 0.5) is 0 Å². The topological polar surface area (TPSA) is 43.4 Å². The van der Waals surface area contributed by atoms with Crippen molar-refractivity contribution in [1.82, 2.24) is 0 Å². The normalized spacial score (nSPS) is 40.1. The van der Waals surface area contributed by atoms with Gasteiger partial charge in [-0.05, 0) is 12.3 Å². The van der Waals surface area contributed by atoms with Crippen LogP contribution in [0.25, 0.3) is 0 Å². The summed E-state index contributed by atoms with van der Waals surface area (Å²) in [6.07, 6.45) is 1.56. The summed E-state index contributed by atoms with van der Waals surface area (Å²) in [5, 5.41) is 0. The number of fused-ring (bicyclic) bond motifs is 1. The van der Waals surface area contributed by atoms with Crippen molar-refractivity contribution < 1.29 is 14.3 Å². The minimum atomic E-state index is -0.201. The van der Waals surface area contributed by atoms with Gasteiger partial charge in [0.05, 0.1) is 13.0 Å². The molecule has 3 atom stereocenters. The van der Waals surface area contributed by atoms with Crippen molar-refractivity contribution in [2.75, 3.05) is 7.11 Å². The van der Waals surface area contributed by atoms with Crippen LogP contribution in [-0.2, 0) is 14.3 Å². The van der Waals surface area contributed by atoms with E-state index in [2.05, 4.69) is 4.74 Å². The molecule has 0 heterocycles. The number of methoxy groups -OCH3 is 1. The lowest BCUT2D eigenvalue weighted by Crippen LogP contribution is -2.10. The van der Waals surface area contributed by atoms with E-state index in [0.717, 1.165) is 6.42 Å². The van der Waals surface area contributed by atoms with Crippen molar-refractivity contribution in [3.8, 4) is 0 Å². The molecule has 0 aromatic heterocycles. The second-order valence-corrected chi connectivity index (χ2v) is 3.24. The first-order valence-electron chi connectivity index (χ1n) is 3.86. The zero-order valence-electron chi connectivity index (χ0n) is 6.37. The molecule has 0 aromatic rings. The van der Waals surface area contributed by atoms with Crippen LogP contribution < -0.4 is 0 Å². The van der Waals surface area contributed by atoms with E-state index in [4.69, 9.17) is 0 Å². The fourth-order valence-corrected chi connectivity index (χ4v) is 2.11. The predicted octanol–water partition coefficient (Wildman–Crippen LogP) is 0.384. The Hall–Kier alpha value is -0.860. The van der Waals surface area contributed by atoms with Gasteiger partial charge in [-0.1, -0.05) is 0 Å². The van der Waals surface area contributed by atoms with Crippen LogP contribution in [0.1, 0.15) is 12.8 Å². The molecule has 0 saturated heterocycles. The van der Waals surface area contributed by atoms with Gasteiger partial charge in [-0.25, -0.2) is 0 Å². The number of Topliss-reactive ketones (excluding diaryl/α,β-unsaturated/α-hetero) is 1. The first-order chi connectivity index (χ1) is 5.25. The number of ketones is 1. The fraction of sp³-hybridized carbons (Fsp3) is 0.750. The highest BCUT2D eigenvalue weighted by molar-refractivity contribution is 5.94. The maximum Gasteiger partial charge on any atom is 0.309 e. The van der Waals surface area contributed by atoms with E-state index >= 15 is 0 Å². The summed E-state index contributed by atoms with van der Waals surface area (Å²) in [6, 6.07) is 0. The van der Waals surface area contributed by atoms with Crippen LogP contribution in [0, 0.1) is 17.8 Å². The third-order valence-corrected chi connectivity index (χ3v) is 2.74. The number of carbonyl (C=O) groups excluding carboxylic acids is 2. The number of ether oxygens (including phenoxy) is 1. The SMILES string of the molecule is COC(=O)[C@@H]1[C@H]2CCC(=O)[C@H]21. The predicted molar refractivity (Wildman–Crippen MR) is 36.7 cm³/mol. The zero-order valence-corrected chi connectivity index (χ0v) is 6.37. The molecule has 3 nitrogen and oxygen atoms in total. The lowest BCUT2D eigenvalue weighted by molar-refractivity contribution is -0.144. The summed E-state index contributed by atoms with van der Waals surface area (Å²) in [7, 11) is 1.38. The summed E-state index contributed by atoms with van der Waals surface area (Å²) < 4.78 is 4.57. The van der Waals surface area contributed by atoms with Gasteiger partial charge >= 0.3 is 5.97 Å². The maximum atomic E-state index is 11.0. The Morgan fingerprint density at radius 3 is 2.82 bits per heavy atom. The van der Waals surface area contributed by atoms with Crippen LogP contribution in [0.5, 0.6) is 0 Å². The van der Waals surface area contributed by atoms with Gasteiger partial charge in [-0.3, -0.25) is 9.59 Å². The van der Waals surface area contributed by atoms with E-state index in [-0.39, 0.29) is 23.6 Å². The maximum absolute atomic E-state index is 11.0. The summed E-state index contributed by atoms with van der Waals surface area (Å²) in [5.74, 6) is 0.331. The fourth-order valence-electron chi connectivity index (χ4n) is 2.11. The highest BCUT2D eigenvalue weighted by Gasteiger charge is 2.62. The van der Waals surface area contributed by atoms with Crippen molar-refractivity contribution in [1.29, 1.82) is 0 Å². The van der Waals surface area contributed by atoms with Gasteiger partial charge in [0.25, 0.3) is 0 Å². The largest absolute Gasteiger partial charge is 0.469 e. The molecule has 2 aliphatic carbocycles. The third kappa shape index (κ3) is 0.800. The van der Waals surface area contributed by atoms with Crippen molar-refractivity contribution in [2.45, 2.75) is 12.8 Å². The number of esters is 1. The molecular formula is C8H10O3. The molecule has 2 fully saturated rings. The highest BCUT2D eigenvalue weighted by atomic mass is 16.5. The molecule has 0 radical (unpaired) electrons. The molecule has 11 heavy (non-hydrogen) atoms. The summed E-state index contributed by atoms with van der Waals surface area (Å²) >= 11 is 0. The number of hydrogen-bond acceptors (Lipinski definition) is 3. The molecule has 0 bridgehead atoms. The van der Waals surface area contributed by atoms with Gasteiger partial charge in [0.2, 0.25) is 0 Å². The van der Waals surface area contributed by atoms with E-state index in [1.54, 1.807) is 0 Å². The van der Waals surface area contributed by atoms with Gasteiger partial charge in [0.15, 0.2) is 0 Å². The first kappa shape index (κ1) is 6.83. The zero-order chi connectivity index (χ0) is 8.01. The Kier molecular flexibility index (Phi) is 1.28. The second-order valence-electron chi connectivity index (χ2n) is 3.24. The average molecular weight is 154 g/mol. The van der Waals surface area contributed by atoms with Gasteiger partial charge in [-0.2, -0.15) is 0 Å². The lowest BCUT2D eigenvalue weighted by atomic mass is 10.1. The Morgan fingerprint density at radius 2 is 2.36 bits per heavy atom. The number of hydrogen-bond donors (Lipinski definition) is 0. The molecule has 2 rings (SSSR count). The molecule has 0 spiro atoms. The monoisotopic (exact) mass is 154 g/mol. The number of rotatable bonds is 1. The van der Waals surface area contributed by atoms with Crippen molar-refractivity contribution in [3.63, 3.8) is 0 Å². The smallest absolute Gasteiger partial charge is 0.309 e. The molecule has 0 N–H and O–H groups in total. The van der Waals surface area contributed by atoms with E-state index in [9.17, 15) is 9.59 Å². The van der Waals surface area contributed by atoms with Crippen LogP contribution >= 0.6 is 0 Å². The van der Waals surface area contributed by atoms with Crippen molar-refractivity contribution >= 4 is 11.8 Å². The third-order valence-electron chi connectivity index (χ3n) is 2.74. The summed E-state index contributed by atoms with van der Waals surface area (Å²) in [5.41, 5.74) is 0. The van der Waals surface area contributed by atoms with Crippen LogP contribution in [-0.4, -0.2) is 18.9 Å². The van der Waals surface area contributed by atoms with Gasteiger partial charge in [0, 0.05) is 12.3 Å². The lowest BCUT2D eigenvalue weighted by Gasteiger charge is -1.98. The summed E-state index contributed by atoms with van der Waals surface area (Å²) in [6.45, 7) is 0. The van der Waals surface area contributed by atoms with Crippen LogP contribution in [0.15, 0.2) is 0 Å². The van der Waals surface area contributed by atoms with Crippen LogP contribution in [0.3, 0.4) is 0 Å². The van der Waals surface area contributed by atoms with Gasteiger partial charge < -0.3 is 4.74 Å². The van der Waals surface area contributed by atoms with Crippen molar-refractivity contribution in [2.24, 2.45) is 17.8 Å². The molecule has 2 aliphatic rings. The van der Waals surface area contributed by atoms with E-state index in [1.165, 1.54) is 7.11 Å². The van der Waals surface area contributed by atoms with Gasteiger partial charge in [0.1, 0.15) is 5.78 Å². The molecule has 0 amide bonds. The van der Waals surface area contributed by atoms with E-state index < -0.39 is 0 Å². The van der Waals surface area contributed by atoms with Crippen LogP contribution in [0.2, 0.25) is 0 Å². The molecule has 60 valence electrons. The van der Waals surface area contributed by atoms with E-state index in [1.807, 2.05) is 0 Å².